The third-order valence-corrected chi connectivity index (χ3v) is 4.17. The molecule has 0 N–H and O–H groups in total. The molecule has 0 saturated carbocycles. The van der Waals surface area contributed by atoms with Crippen molar-refractivity contribution >= 4 is 11.6 Å². The second-order valence-corrected chi connectivity index (χ2v) is 5.66. The Morgan fingerprint density at radius 1 is 1.19 bits per heavy atom. The van der Waals surface area contributed by atoms with Crippen molar-refractivity contribution in [3.8, 4) is 0 Å². The van der Waals surface area contributed by atoms with E-state index in [1.54, 1.807) is 0 Å². The summed E-state index contributed by atoms with van der Waals surface area (Å²) < 4.78 is 15.0. The van der Waals surface area contributed by atoms with Crippen LogP contribution in [0.3, 0.4) is 0 Å². The molecule has 114 valence electrons. The zero-order valence-electron chi connectivity index (χ0n) is 12.6. The lowest BCUT2D eigenvalue weighted by atomic mass is 9.96. The van der Waals surface area contributed by atoms with Crippen LogP contribution in [0.15, 0.2) is 30.3 Å². The van der Waals surface area contributed by atoms with E-state index in [0.717, 1.165) is 37.1 Å². The van der Waals surface area contributed by atoms with E-state index in [2.05, 4.69) is 29.7 Å². The summed E-state index contributed by atoms with van der Waals surface area (Å²) in [6, 6.07) is 8.86. The molecular formula is C17H22ClFN2. The monoisotopic (exact) mass is 308 g/mol. The van der Waals surface area contributed by atoms with Crippen LogP contribution in [0.5, 0.6) is 0 Å². The van der Waals surface area contributed by atoms with E-state index in [4.69, 9.17) is 11.6 Å². The fourth-order valence-corrected chi connectivity index (χ4v) is 2.77. The van der Waals surface area contributed by atoms with Crippen LogP contribution < -0.4 is 0 Å². The van der Waals surface area contributed by atoms with Crippen molar-refractivity contribution < 1.29 is 4.39 Å². The highest BCUT2D eigenvalue weighted by atomic mass is 35.5. The molecule has 0 saturated heterocycles. The molecule has 0 bridgehead atoms. The second-order valence-electron chi connectivity index (χ2n) is 5.35. The Balaban J connectivity index is 2.08. The number of alkyl halides is 1. The topological polar surface area (TPSA) is 17.8 Å². The van der Waals surface area contributed by atoms with Crippen molar-refractivity contribution in [2.75, 3.05) is 5.88 Å². The van der Waals surface area contributed by atoms with Gasteiger partial charge in [0.1, 0.15) is 5.82 Å². The van der Waals surface area contributed by atoms with Gasteiger partial charge in [0.15, 0.2) is 0 Å². The maximum atomic E-state index is 13.0. The number of hydrogen-bond donors (Lipinski definition) is 0. The van der Waals surface area contributed by atoms with Gasteiger partial charge in [-0.2, -0.15) is 5.10 Å². The van der Waals surface area contributed by atoms with Crippen molar-refractivity contribution in [1.82, 2.24) is 9.78 Å². The van der Waals surface area contributed by atoms with Crippen LogP contribution in [0.25, 0.3) is 0 Å². The van der Waals surface area contributed by atoms with Gasteiger partial charge in [-0.15, -0.1) is 11.6 Å². The summed E-state index contributed by atoms with van der Waals surface area (Å²) >= 11 is 6.13. The third kappa shape index (κ3) is 4.31. The second kappa shape index (κ2) is 7.60. The number of nitrogens with zero attached hydrogens (tertiary/aromatic N) is 2. The van der Waals surface area contributed by atoms with Gasteiger partial charge in [-0.1, -0.05) is 19.1 Å². The number of benzene rings is 1. The number of aromatic nitrogens is 2. The van der Waals surface area contributed by atoms with Crippen LogP contribution in [0.1, 0.15) is 30.8 Å². The minimum atomic E-state index is -0.196. The molecule has 1 heterocycles. The fourth-order valence-electron chi connectivity index (χ4n) is 2.56. The van der Waals surface area contributed by atoms with Crippen LogP contribution in [-0.4, -0.2) is 15.7 Å². The van der Waals surface area contributed by atoms with E-state index in [1.807, 2.05) is 12.1 Å². The minimum Gasteiger partial charge on any atom is -0.270 e. The Morgan fingerprint density at radius 3 is 2.48 bits per heavy atom. The maximum Gasteiger partial charge on any atom is 0.123 e. The van der Waals surface area contributed by atoms with Gasteiger partial charge >= 0.3 is 0 Å². The maximum absolute atomic E-state index is 13.0. The van der Waals surface area contributed by atoms with Gasteiger partial charge in [0.2, 0.25) is 0 Å². The number of hydrogen-bond acceptors (Lipinski definition) is 1. The Morgan fingerprint density at radius 2 is 1.90 bits per heavy atom. The molecule has 2 rings (SSSR count). The van der Waals surface area contributed by atoms with E-state index in [1.165, 1.54) is 17.8 Å². The molecule has 4 heteroatoms. The highest BCUT2D eigenvalue weighted by molar-refractivity contribution is 6.18. The van der Waals surface area contributed by atoms with Crippen LogP contribution in [-0.2, 0) is 25.8 Å². The summed E-state index contributed by atoms with van der Waals surface area (Å²) in [6.07, 6.45) is 2.71. The van der Waals surface area contributed by atoms with Crippen LogP contribution in [0.4, 0.5) is 4.39 Å². The Kier molecular flexibility index (Phi) is 5.80. The SMILES string of the molecule is CCc1cc(CC(CCl)Cc2ccc(F)cc2)n(CC)n1. The average molecular weight is 309 g/mol. The lowest BCUT2D eigenvalue weighted by Crippen LogP contribution is -2.13. The zero-order chi connectivity index (χ0) is 15.2. The van der Waals surface area contributed by atoms with E-state index in [-0.39, 0.29) is 5.82 Å². The lowest BCUT2D eigenvalue weighted by Gasteiger charge is -2.14. The third-order valence-electron chi connectivity index (χ3n) is 3.73. The van der Waals surface area contributed by atoms with Crippen molar-refractivity contribution in [3.05, 3.63) is 53.1 Å². The molecule has 0 aliphatic heterocycles. The van der Waals surface area contributed by atoms with Gasteiger partial charge < -0.3 is 0 Å². The Bertz CT molecular complexity index is 563. The van der Waals surface area contributed by atoms with Crippen molar-refractivity contribution in [1.29, 1.82) is 0 Å². The van der Waals surface area contributed by atoms with Gasteiger partial charge in [-0.3, -0.25) is 4.68 Å². The predicted octanol–water partition coefficient (Wildman–Crippen LogP) is 4.24. The molecule has 1 atom stereocenters. The van der Waals surface area contributed by atoms with E-state index in [9.17, 15) is 4.39 Å². The molecule has 0 aliphatic rings. The van der Waals surface area contributed by atoms with Gasteiger partial charge in [0, 0.05) is 18.1 Å². The summed E-state index contributed by atoms with van der Waals surface area (Å²) in [5.41, 5.74) is 3.49. The first-order valence-corrected chi connectivity index (χ1v) is 8.05. The molecule has 1 unspecified atom stereocenters. The first kappa shape index (κ1) is 16.0. The first-order chi connectivity index (χ1) is 10.2. The lowest BCUT2D eigenvalue weighted by molar-refractivity contribution is 0.530. The fraction of sp³-hybridized carbons (Fsp3) is 0.471. The van der Waals surface area contributed by atoms with Gasteiger partial charge in [0.05, 0.1) is 5.69 Å². The molecule has 0 aliphatic carbocycles. The summed E-state index contributed by atoms with van der Waals surface area (Å²) in [6.45, 7) is 5.09. The summed E-state index contributed by atoms with van der Waals surface area (Å²) in [4.78, 5) is 0. The molecule has 1 aromatic heterocycles. The highest BCUT2D eigenvalue weighted by Gasteiger charge is 2.14. The summed E-state index contributed by atoms with van der Waals surface area (Å²) in [5, 5.41) is 4.58. The summed E-state index contributed by atoms with van der Waals surface area (Å²) in [7, 11) is 0. The average Bonchev–Trinajstić information content (AvgIpc) is 2.91. The largest absolute Gasteiger partial charge is 0.270 e. The van der Waals surface area contributed by atoms with Crippen LogP contribution in [0, 0.1) is 11.7 Å². The molecular weight excluding hydrogens is 287 g/mol. The van der Waals surface area contributed by atoms with Crippen LogP contribution >= 0.6 is 11.6 Å². The molecule has 2 aromatic rings. The molecule has 1 aromatic carbocycles. The number of halogens is 2. The van der Waals surface area contributed by atoms with E-state index < -0.39 is 0 Å². The smallest absolute Gasteiger partial charge is 0.123 e. The molecule has 0 amide bonds. The standard InChI is InChI=1S/C17H22ClFN2/c1-3-16-11-17(21(4-2)20-16)10-14(12-18)9-13-5-7-15(19)8-6-13/h5-8,11,14H,3-4,9-10,12H2,1-2H3. The molecule has 2 nitrogen and oxygen atoms in total. The number of rotatable bonds is 7. The quantitative estimate of drug-likeness (QED) is 0.699. The van der Waals surface area contributed by atoms with Gasteiger partial charge in [-0.05, 0) is 55.9 Å². The minimum absolute atomic E-state index is 0.196. The van der Waals surface area contributed by atoms with Crippen molar-refractivity contribution in [3.63, 3.8) is 0 Å². The molecule has 0 radical (unpaired) electrons. The Hall–Kier alpha value is -1.35. The van der Waals surface area contributed by atoms with Crippen molar-refractivity contribution in [2.24, 2.45) is 5.92 Å². The van der Waals surface area contributed by atoms with Gasteiger partial charge in [0.25, 0.3) is 0 Å². The Labute approximate surface area is 130 Å². The highest BCUT2D eigenvalue weighted by Crippen LogP contribution is 2.18. The normalized spacial score (nSPS) is 12.6. The molecule has 21 heavy (non-hydrogen) atoms. The number of aryl methyl sites for hydroxylation is 2. The van der Waals surface area contributed by atoms with Crippen molar-refractivity contribution in [2.45, 2.75) is 39.7 Å². The van der Waals surface area contributed by atoms with Crippen LogP contribution in [0.2, 0.25) is 0 Å². The zero-order valence-corrected chi connectivity index (χ0v) is 13.4. The molecule has 0 spiro atoms. The summed E-state index contributed by atoms with van der Waals surface area (Å²) in [5.74, 6) is 0.731. The van der Waals surface area contributed by atoms with E-state index in [0.29, 0.717) is 11.8 Å². The van der Waals surface area contributed by atoms with Gasteiger partial charge in [-0.25, -0.2) is 4.39 Å². The predicted molar refractivity (Wildman–Crippen MR) is 85.3 cm³/mol. The van der Waals surface area contributed by atoms with E-state index >= 15 is 0 Å². The molecule has 0 fully saturated rings. The first-order valence-electron chi connectivity index (χ1n) is 7.52.